The van der Waals surface area contributed by atoms with Crippen molar-refractivity contribution in [3.8, 4) is 0 Å². The molecule has 0 radical (unpaired) electrons. The van der Waals surface area contributed by atoms with Gasteiger partial charge in [-0.2, -0.15) is 0 Å². The zero-order valence-electron chi connectivity index (χ0n) is 13.0. The van der Waals surface area contributed by atoms with E-state index >= 15 is 0 Å². The van der Waals surface area contributed by atoms with Gasteiger partial charge in [-0.15, -0.1) is 11.3 Å². The average molecular weight is 321 g/mol. The Hall–Kier alpha value is -0.980. The number of hydrogen-bond acceptors (Lipinski definition) is 5. The number of thiazole rings is 1. The van der Waals surface area contributed by atoms with Gasteiger partial charge in [-0.05, 0) is 25.7 Å². The highest BCUT2D eigenvalue weighted by atomic mass is 32.1. The van der Waals surface area contributed by atoms with Crippen LogP contribution in [-0.4, -0.2) is 48.6 Å². The van der Waals surface area contributed by atoms with Gasteiger partial charge in [0.2, 0.25) is 5.91 Å². The molecule has 22 heavy (non-hydrogen) atoms. The molecule has 3 fully saturated rings. The Bertz CT molecular complexity index is 571. The van der Waals surface area contributed by atoms with Crippen molar-refractivity contribution in [3.05, 3.63) is 16.1 Å². The van der Waals surface area contributed by atoms with Crippen LogP contribution in [0, 0.1) is 24.2 Å². The van der Waals surface area contributed by atoms with E-state index in [1.165, 1.54) is 17.7 Å². The lowest BCUT2D eigenvalue weighted by Crippen LogP contribution is -2.47. The minimum absolute atomic E-state index is 0.213. The number of amides is 1. The zero-order valence-corrected chi connectivity index (χ0v) is 13.8. The van der Waals surface area contributed by atoms with Crippen molar-refractivity contribution in [2.45, 2.75) is 26.3 Å². The van der Waals surface area contributed by atoms with Crippen LogP contribution < -0.4 is 5.32 Å². The third-order valence-electron chi connectivity index (χ3n) is 5.36. The molecule has 3 heterocycles. The molecule has 4 rings (SSSR count). The molecule has 3 aliphatic rings. The van der Waals surface area contributed by atoms with Crippen molar-refractivity contribution in [2.75, 3.05) is 32.8 Å². The highest BCUT2D eigenvalue weighted by molar-refractivity contribution is 7.09. The van der Waals surface area contributed by atoms with Gasteiger partial charge >= 0.3 is 0 Å². The van der Waals surface area contributed by atoms with Crippen LogP contribution in [0.5, 0.6) is 0 Å². The third-order valence-corrected chi connectivity index (χ3v) is 6.28. The van der Waals surface area contributed by atoms with E-state index in [2.05, 4.69) is 22.1 Å². The van der Waals surface area contributed by atoms with Crippen molar-refractivity contribution in [2.24, 2.45) is 17.3 Å². The first-order valence-electron chi connectivity index (χ1n) is 8.15. The number of rotatable bonds is 5. The molecule has 1 N–H and O–H groups in total. The van der Waals surface area contributed by atoms with Crippen molar-refractivity contribution in [3.63, 3.8) is 0 Å². The number of aromatic nitrogens is 1. The number of fused-ring (bicyclic) bond motifs is 1. The molecule has 0 bridgehead atoms. The van der Waals surface area contributed by atoms with Gasteiger partial charge in [-0.25, -0.2) is 4.98 Å². The van der Waals surface area contributed by atoms with Gasteiger partial charge in [0.25, 0.3) is 0 Å². The van der Waals surface area contributed by atoms with E-state index in [1.54, 1.807) is 11.3 Å². The lowest BCUT2D eigenvalue weighted by Gasteiger charge is -2.26. The van der Waals surface area contributed by atoms with Crippen LogP contribution in [0.3, 0.4) is 0 Å². The number of nitrogens with one attached hydrogen (secondary N) is 1. The molecular formula is C16H23N3O2S. The Labute approximate surface area is 135 Å². The Morgan fingerprint density at radius 2 is 2.45 bits per heavy atom. The number of carbonyl (C=O) groups is 1. The fourth-order valence-electron chi connectivity index (χ4n) is 3.70. The summed E-state index contributed by atoms with van der Waals surface area (Å²) >= 11 is 1.71. The summed E-state index contributed by atoms with van der Waals surface area (Å²) in [6.07, 6.45) is 2.54. The highest BCUT2D eigenvalue weighted by Gasteiger charge is 2.55. The second-order valence-electron chi connectivity index (χ2n) is 7.05. The maximum atomic E-state index is 12.8. The lowest BCUT2D eigenvalue weighted by atomic mass is 9.80. The van der Waals surface area contributed by atoms with E-state index < -0.39 is 0 Å². The minimum Gasteiger partial charge on any atom is -0.380 e. The summed E-state index contributed by atoms with van der Waals surface area (Å²) in [4.78, 5) is 20.8. The van der Waals surface area contributed by atoms with E-state index in [9.17, 15) is 4.79 Å². The van der Waals surface area contributed by atoms with Crippen LogP contribution in [0.15, 0.2) is 5.51 Å². The predicted molar refractivity (Wildman–Crippen MR) is 84.6 cm³/mol. The topological polar surface area (TPSA) is 54.5 Å². The van der Waals surface area contributed by atoms with Crippen molar-refractivity contribution in [1.82, 2.24) is 15.2 Å². The van der Waals surface area contributed by atoms with Gasteiger partial charge in [-0.1, -0.05) is 0 Å². The van der Waals surface area contributed by atoms with Crippen LogP contribution in [0.25, 0.3) is 0 Å². The van der Waals surface area contributed by atoms with E-state index in [4.69, 9.17) is 4.74 Å². The maximum absolute atomic E-state index is 12.8. The average Bonchev–Trinajstić information content (AvgIpc) is 2.95. The molecular weight excluding hydrogens is 298 g/mol. The van der Waals surface area contributed by atoms with Crippen LogP contribution >= 0.6 is 11.3 Å². The van der Waals surface area contributed by atoms with Crippen molar-refractivity contribution < 1.29 is 9.53 Å². The molecule has 5 nitrogen and oxygen atoms in total. The molecule has 1 aliphatic carbocycles. The Morgan fingerprint density at radius 1 is 1.59 bits per heavy atom. The van der Waals surface area contributed by atoms with E-state index in [0.717, 1.165) is 44.4 Å². The molecule has 0 spiro atoms. The summed E-state index contributed by atoms with van der Waals surface area (Å²) in [6, 6.07) is 0. The Morgan fingerprint density at radius 3 is 3.18 bits per heavy atom. The highest BCUT2D eigenvalue weighted by Crippen LogP contribution is 2.42. The summed E-state index contributed by atoms with van der Waals surface area (Å²) in [5.41, 5.74) is 2.70. The summed E-state index contributed by atoms with van der Waals surface area (Å²) in [6.45, 7) is 6.87. The summed E-state index contributed by atoms with van der Waals surface area (Å²) in [5, 5.41) is 3.18. The van der Waals surface area contributed by atoms with Gasteiger partial charge in [0.05, 0.1) is 29.8 Å². The number of ether oxygens (including phenoxy) is 1. The first-order valence-corrected chi connectivity index (χ1v) is 9.03. The first kappa shape index (κ1) is 14.6. The normalized spacial score (nSPS) is 31.4. The van der Waals surface area contributed by atoms with Gasteiger partial charge in [0.15, 0.2) is 0 Å². The number of nitrogens with zero attached hydrogens (tertiary/aromatic N) is 2. The van der Waals surface area contributed by atoms with Crippen molar-refractivity contribution >= 4 is 17.2 Å². The van der Waals surface area contributed by atoms with Crippen LogP contribution in [-0.2, 0) is 16.1 Å². The lowest BCUT2D eigenvalue weighted by molar-refractivity contribution is -0.131. The summed E-state index contributed by atoms with van der Waals surface area (Å²) < 4.78 is 5.67. The van der Waals surface area contributed by atoms with Gasteiger partial charge in [0, 0.05) is 37.0 Å². The summed E-state index contributed by atoms with van der Waals surface area (Å²) in [5.74, 6) is 1.27. The molecule has 2 aliphatic heterocycles. The molecule has 120 valence electrons. The minimum atomic E-state index is -0.326. The Balaban J connectivity index is 1.44. The van der Waals surface area contributed by atoms with E-state index in [-0.39, 0.29) is 11.3 Å². The number of carbonyl (C=O) groups excluding carboxylic acids is 1. The SMILES string of the molecule is Cc1ncsc1CN1C[C@H]2COC[C@@]2(C(=O)NCC2CC2)C1. The van der Waals surface area contributed by atoms with Crippen LogP contribution in [0.4, 0.5) is 0 Å². The largest absolute Gasteiger partial charge is 0.380 e. The van der Waals surface area contributed by atoms with Crippen LogP contribution in [0.1, 0.15) is 23.4 Å². The van der Waals surface area contributed by atoms with Gasteiger partial charge in [0.1, 0.15) is 0 Å². The molecule has 2 atom stereocenters. The Kier molecular flexibility index (Phi) is 3.71. The van der Waals surface area contributed by atoms with Crippen molar-refractivity contribution in [1.29, 1.82) is 0 Å². The fraction of sp³-hybridized carbons (Fsp3) is 0.750. The molecule has 0 aromatic carbocycles. The van der Waals surface area contributed by atoms with E-state index in [1.807, 2.05) is 5.51 Å². The molecule has 1 saturated carbocycles. The standard InChI is InChI=1S/C16H23N3O2S/c1-11-14(22-10-18-11)6-19-5-13-7-21-9-16(13,8-19)15(20)17-4-12-2-3-12/h10,12-13H,2-9H2,1H3,(H,17,20)/t13-,16-/m0/s1. The van der Waals surface area contributed by atoms with Crippen LogP contribution in [0.2, 0.25) is 0 Å². The first-order chi connectivity index (χ1) is 10.7. The smallest absolute Gasteiger partial charge is 0.230 e. The summed E-state index contributed by atoms with van der Waals surface area (Å²) in [7, 11) is 0. The zero-order chi connectivity index (χ0) is 15.2. The quantitative estimate of drug-likeness (QED) is 0.891. The molecule has 0 unspecified atom stereocenters. The monoisotopic (exact) mass is 321 g/mol. The molecule has 1 aromatic rings. The molecule has 6 heteroatoms. The maximum Gasteiger partial charge on any atom is 0.230 e. The molecule has 1 amide bonds. The van der Waals surface area contributed by atoms with E-state index in [0.29, 0.717) is 12.5 Å². The predicted octanol–water partition coefficient (Wildman–Crippen LogP) is 1.43. The second kappa shape index (κ2) is 5.58. The number of likely N-dealkylation sites (tertiary alicyclic amines) is 1. The number of hydrogen-bond donors (Lipinski definition) is 1. The fourth-order valence-corrected chi connectivity index (χ4v) is 4.52. The third kappa shape index (κ3) is 2.57. The van der Waals surface area contributed by atoms with Gasteiger partial charge in [-0.3, -0.25) is 9.69 Å². The molecule has 1 aromatic heterocycles. The second-order valence-corrected chi connectivity index (χ2v) is 7.99. The van der Waals surface area contributed by atoms with Gasteiger partial charge < -0.3 is 10.1 Å². The number of aryl methyl sites for hydroxylation is 1. The molecule has 2 saturated heterocycles.